The molecule has 2 rings (SSSR count). The highest BCUT2D eigenvalue weighted by molar-refractivity contribution is 7.95. The van der Waals surface area contributed by atoms with Crippen molar-refractivity contribution in [3.63, 3.8) is 0 Å². The first-order valence-electron chi connectivity index (χ1n) is 7.79. The predicted molar refractivity (Wildman–Crippen MR) is 97.7 cm³/mol. The van der Waals surface area contributed by atoms with Gasteiger partial charge >= 0.3 is 0 Å². The summed E-state index contributed by atoms with van der Waals surface area (Å²) in [6, 6.07) is 20.6. The molecule has 0 aliphatic carbocycles. The first-order valence-corrected chi connectivity index (χ1v) is 10.0. The van der Waals surface area contributed by atoms with Crippen LogP contribution >= 0.6 is 0 Å². The summed E-state index contributed by atoms with van der Waals surface area (Å²) in [5.74, 6) is 1.38. The normalized spacial score (nSPS) is 11.6. The fourth-order valence-electron chi connectivity index (χ4n) is 3.02. The van der Waals surface area contributed by atoms with Crippen molar-refractivity contribution in [1.29, 1.82) is 0 Å². The lowest BCUT2D eigenvalue weighted by Gasteiger charge is -2.33. The van der Waals surface area contributed by atoms with Gasteiger partial charge < -0.3 is 0 Å². The number of hydrogen-bond donors (Lipinski definition) is 0. The highest BCUT2D eigenvalue weighted by Crippen LogP contribution is 2.38. The molecule has 0 aliphatic heterocycles. The maximum atomic E-state index is 13.1. The van der Waals surface area contributed by atoms with Crippen molar-refractivity contribution in [2.45, 2.75) is 25.2 Å². The van der Waals surface area contributed by atoms with E-state index in [1.807, 2.05) is 43.3 Å². The van der Waals surface area contributed by atoms with Gasteiger partial charge in [-0.1, -0.05) is 67.6 Å². The fraction of sp³-hybridized carbons (Fsp3) is 0.350. The summed E-state index contributed by atoms with van der Waals surface area (Å²) in [5, 5.41) is 0. The van der Waals surface area contributed by atoms with Crippen molar-refractivity contribution in [2.24, 2.45) is 0 Å². The number of carbonyl (C=O) groups is 1. The number of benzene rings is 2. The van der Waals surface area contributed by atoms with E-state index in [0.717, 1.165) is 23.3 Å². The van der Waals surface area contributed by atoms with Gasteiger partial charge in [-0.3, -0.25) is 4.79 Å². The minimum absolute atomic E-state index is 0.315. The van der Waals surface area contributed by atoms with Crippen LogP contribution in [-0.4, -0.2) is 24.0 Å². The molecule has 0 radical (unpaired) electrons. The first-order chi connectivity index (χ1) is 10.6. The van der Waals surface area contributed by atoms with Gasteiger partial charge in [0, 0.05) is 12.8 Å². The summed E-state index contributed by atoms with van der Waals surface area (Å²) in [7, 11) is 0.320. The zero-order valence-corrected chi connectivity index (χ0v) is 14.5. The molecule has 0 N–H and O–H groups in total. The third kappa shape index (κ3) is 3.44. The fourth-order valence-corrected chi connectivity index (χ4v) is 3.74. The Labute approximate surface area is 137 Å². The molecule has 0 aromatic heterocycles. The Bertz CT molecular complexity index is 550. The lowest BCUT2D eigenvalue weighted by Crippen LogP contribution is -2.38. The van der Waals surface area contributed by atoms with Crippen LogP contribution in [0.4, 0.5) is 0 Å². The summed E-state index contributed by atoms with van der Waals surface area (Å²) in [5.41, 5.74) is 1.74. The van der Waals surface area contributed by atoms with Gasteiger partial charge in [-0.25, -0.2) is 0 Å². The standard InChI is InChI=1S/C20H25OS/c1-4-19(21)20(15-16-22(2)3,17-11-7-5-8-12-17)18-13-9-6-10-14-18/h5-14H,4,15-16H2,1-3H3/q+1. The third-order valence-electron chi connectivity index (χ3n) is 4.22. The van der Waals surface area contributed by atoms with Crippen LogP contribution in [0.5, 0.6) is 0 Å². The molecule has 0 saturated heterocycles. The van der Waals surface area contributed by atoms with E-state index in [4.69, 9.17) is 0 Å². The second kappa shape index (κ2) is 7.64. The second-order valence-corrected chi connectivity index (χ2v) is 8.23. The van der Waals surface area contributed by atoms with Gasteiger partial charge in [0.2, 0.25) is 0 Å². The molecule has 0 amide bonds. The average molecular weight is 313 g/mol. The number of ketones is 1. The van der Waals surface area contributed by atoms with E-state index in [2.05, 4.69) is 36.8 Å². The van der Waals surface area contributed by atoms with E-state index in [9.17, 15) is 4.79 Å². The molecule has 0 heterocycles. The summed E-state index contributed by atoms with van der Waals surface area (Å²) in [6.07, 6.45) is 5.93. The van der Waals surface area contributed by atoms with Gasteiger partial charge in [-0.05, 0) is 22.0 Å². The number of carbonyl (C=O) groups excluding carboxylic acids is 1. The summed E-state index contributed by atoms with van der Waals surface area (Å²) in [6.45, 7) is 1.97. The minimum atomic E-state index is -0.505. The van der Waals surface area contributed by atoms with Crippen LogP contribution in [0.15, 0.2) is 60.7 Å². The van der Waals surface area contributed by atoms with Crippen LogP contribution in [0.3, 0.4) is 0 Å². The second-order valence-electron chi connectivity index (χ2n) is 5.85. The van der Waals surface area contributed by atoms with Crippen molar-refractivity contribution in [2.75, 3.05) is 18.3 Å². The molecular formula is C20H25OS+. The molecule has 0 unspecified atom stereocenters. The Morgan fingerprint density at radius 1 is 0.909 bits per heavy atom. The largest absolute Gasteiger partial charge is 0.298 e. The van der Waals surface area contributed by atoms with Crippen molar-refractivity contribution >= 4 is 16.7 Å². The Morgan fingerprint density at radius 3 is 1.73 bits per heavy atom. The molecule has 0 bridgehead atoms. The zero-order chi connectivity index (χ0) is 16.0. The van der Waals surface area contributed by atoms with Gasteiger partial charge in [-0.15, -0.1) is 0 Å². The molecule has 0 atom stereocenters. The Morgan fingerprint density at radius 2 is 1.36 bits per heavy atom. The van der Waals surface area contributed by atoms with Gasteiger partial charge in [0.25, 0.3) is 0 Å². The molecular weight excluding hydrogens is 288 g/mol. The monoisotopic (exact) mass is 313 g/mol. The van der Waals surface area contributed by atoms with Crippen molar-refractivity contribution in [1.82, 2.24) is 0 Å². The molecule has 0 spiro atoms. The van der Waals surface area contributed by atoms with E-state index < -0.39 is 5.41 Å². The summed E-state index contributed by atoms with van der Waals surface area (Å²) in [4.78, 5) is 13.1. The van der Waals surface area contributed by atoms with Gasteiger partial charge in [-0.2, -0.15) is 0 Å². The number of rotatable bonds is 7. The zero-order valence-electron chi connectivity index (χ0n) is 13.7. The van der Waals surface area contributed by atoms with E-state index >= 15 is 0 Å². The Balaban J connectivity index is 2.61. The molecule has 2 heteroatoms. The highest BCUT2D eigenvalue weighted by Gasteiger charge is 2.41. The topological polar surface area (TPSA) is 17.1 Å². The Hall–Kier alpha value is -1.54. The SMILES string of the molecule is CCC(=O)C(CC[S+](C)C)(c1ccccc1)c1ccccc1. The van der Waals surface area contributed by atoms with Gasteiger partial charge in [0.15, 0.2) is 0 Å². The smallest absolute Gasteiger partial charge is 0.147 e. The van der Waals surface area contributed by atoms with Gasteiger partial charge in [0.1, 0.15) is 11.5 Å². The minimum Gasteiger partial charge on any atom is -0.298 e. The average Bonchev–Trinajstić information content (AvgIpc) is 2.57. The van der Waals surface area contributed by atoms with E-state index in [1.54, 1.807) is 0 Å². The van der Waals surface area contributed by atoms with Gasteiger partial charge in [0.05, 0.1) is 17.9 Å². The highest BCUT2D eigenvalue weighted by atomic mass is 32.2. The van der Waals surface area contributed by atoms with E-state index in [0.29, 0.717) is 23.1 Å². The molecule has 116 valence electrons. The third-order valence-corrected chi connectivity index (χ3v) is 5.24. The molecule has 1 nitrogen and oxygen atoms in total. The molecule has 0 fully saturated rings. The summed E-state index contributed by atoms with van der Waals surface area (Å²) >= 11 is 0. The molecule has 0 saturated carbocycles. The van der Waals surface area contributed by atoms with Crippen LogP contribution in [0.1, 0.15) is 30.9 Å². The van der Waals surface area contributed by atoms with Crippen LogP contribution < -0.4 is 0 Å². The van der Waals surface area contributed by atoms with Crippen molar-refractivity contribution in [3.05, 3.63) is 71.8 Å². The van der Waals surface area contributed by atoms with Crippen LogP contribution in [-0.2, 0) is 21.1 Å². The predicted octanol–water partition coefficient (Wildman–Crippen LogP) is 4.22. The number of hydrogen-bond acceptors (Lipinski definition) is 1. The molecule has 22 heavy (non-hydrogen) atoms. The van der Waals surface area contributed by atoms with Crippen LogP contribution in [0, 0.1) is 0 Å². The molecule has 0 aliphatic rings. The van der Waals surface area contributed by atoms with E-state index in [1.165, 1.54) is 0 Å². The number of Topliss-reactive ketones (excluding diaryl/α,β-unsaturated/α-hetero) is 1. The van der Waals surface area contributed by atoms with Crippen molar-refractivity contribution in [3.8, 4) is 0 Å². The lowest BCUT2D eigenvalue weighted by atomic mass is 9.68. The molecule has 2 aromatic carbocycles. The first kappa shape index (κ1) is 16.8. The van der Waals surface area contributed by atoms with Crippen molar-refractivity contribution < 1.29 is 4.79 Å². The Kier molecular flexibility index (Phi) is 5.84. The lowest BCUT2D eigenvalue weighted by molar-refractivity contribution is -0.123. The van der Waals surface area contributed by atoms with Crippen LogP contribution in [0.2, 0.25) is 0 Å². The summed E-state index contributed by atoms with van der Waals surface area (Å²) < 4.78 is 0. The quantitative estimate of drug-likeness (QED) is 0.700. The maximum Gasteiger partial charge on any atom is 0.147 e. The maximum absolute atomic E-state index is 13.1. The molecule has 2 aromatic rings. The van der Waals surface area contributed by atoms with E-state index in [-0.39, 0.29) is 0 Å². The van der Waals surface area contributed by atoms with Crippen LogP contribution in [0.25, 0.3) is 0 Å².